The number of aryl methyl sites for hydroxylation is 1. The molecule has 0 saturated heterocycles. The van der Waals surface area contributed by atoms with Crippen LogP contribution in [0.1, 0.15) is 19.0 Å². The van der Waals surface area contributed by atoms with E-state index in [9.17, 15) is 8.42 Å². The molecule has 2 heterocycles. The van der Waals surface area contributed by atoms with E-state index in [-0.39, 0.29) is 11.0 Å². The van der Waals surface area contributed by atoms with Crippen LogP contribution in [0.15, 0.2) is 11.4 Å². The first kappa shape index (κ1) is 11.8. The van der Waals surface area contributed by atoms with Crippen LogP contribution in [0.4, 0.5) is 5.82 Å². The molecule has 0 aliphatic rings. The molecule has 0 amide bonds. The van der Waals surface area contributed by atoms with E-state index in [1.807, 2.05) is 6.92 Å². The van der Waals surface area contributed by atoms with Crippen molar-refractivity contribution in [3.05, 3.63) is 11.9 Å². The highest BCUT2D eigenvalue weighted by molar-refractivity contribution is 7.90. The first-order valence-electron chi connectivity index (χ1n) is 5.13. The zero-order valence-corrected chi connectivity index (χ0v) is 10.4. The number of nitrogen functional groups attached to an aromatic ring is 1. The van der Waals surface area contributed by atoms with Crippen molar-refractivity contribution in [2.45, 2.75) is 24.9 Å². The molecule has 92 valence electrons. The summed E-state index contributed by atoms with van der Waals surface area (Å²) in [4.78, 5) is 7.82. The van der Waals surface area contributed by atoms with Gasteiger partial charge in [-0.2, -0.15) is 4.98 Å². The third-order valence-corrected chi connectivity index (χ3v) is 3.11. The van der Waals surface area contributed by atoms with Gasteiger partial charge in [-0.05, 0) is 6.42 Å². The molecule has 0 saturated carbocycles. The average Bonchev–Trinajstić information content (AvgIpc) is 2.61. The smallest absolute Gasteiger partial charge is 0.267 e. The summed E-state index contributed by atoms with van der Waals surface area (Å²) in [6, 6.07) is 0. The maximum Gasteiger partial charge on any atom is 0.267 e. The van der Waals surface area contributed by atoms with Crippen LogP contribution in [0.2, 0.25) is 0 Å². The van der Waals surface area contributed by atoms with Gasteiger partial charge in [-0.25, -0.2) is 17.9 Å². The minimum atomic E-state index is -3.48. The highest BCUT2D eigenvalue weighted by Crippen LogP contribution is 2.14. The number of aromatic nitrogens is 4. The first-order valence-corrected chi connectivity index (χ1v) is 7.02. The number of rotatable bonds is 3. The van der Waals surface area contributed by atoms with Gasteiger partial charge in [0.2, 0.25) is 9.84 Å². The molecule has 0 fully saturated rings. The van der Waals surface area contributed by atoms with Crippen LogP contribution in [0.5, 0.6) is 0 Å². The number of anilines is 1. The quantitative estimate of drug-likeness (QED) is 0.832. The SMILES string of the molecule is CCCc1cnc2c(N)nc(S(C)(=O)=O)nn12. The number of fused-ring (bicyclic) bond motifs is 1. The van der Waals surface area contributed by atoms with Crippen LogP contribution in [-0.4, -0.2) is 34.3 Å². The summed E-state index contributed by atoms with van der Waals surface area (Å²) in [7, 11) is -3.48. The zero-order valence-electron chi connectivity index (χ0n) is 9.58. The Bertz CT molecular complexity index is 661. The second-order valence-electron chi connectivity index (χ2n) is 3.79. The number of hydrogen-bond acceptors (Lipinski definition) is 6. The van der Waals surface area contributed by atoms with E-state index in [0.29, 0.717) is 5.65 Å². The van der Waals surface area contributed by atoms with Gasteiger partial charge in [0.25, 0.3) is 5.16 Å². The van der Waals surface area contributed by atoms with Crippen LogP contribution in [-0.2, 0) is 16.3 Å². The van der Waals surface area contributed by atoms with E-state index in [1.165, 1.54) is 4.52 Å². The topological polar surface area (TPSA) is 103 Å². The largest absolute Gasteiger partial charge is 0.380 e. The third kappa shape index (κ3) is 2.07. The van der Waals surface area contributed by atoms with E-state index in [1.54, 1.807) is 6.20 Å². The van der Waals surface area contributed by atoms with Crippen molar-refractivity contribution in [1.82, 2.24) is 19.6 Å². The molecule has 17 heavy (non-hydrogen) atoms. The standard InChI is InChI=1S/C9H13N5O2S/c1-3-4-6-5-11-8-7(10)12-9(13-14(6)8)17(2,15)16/h5H,3-4H2,1-2H3,(H2,10,12,13). The van der Waals surface area contributed by atoms with E-state index in [4.69, 9.17) is 5.73 Å². The number of hydrogen-bond donors (Lipinski definition) is 1. The maximum atomic E-state index is 11.4. The molecular weight excluding hydrogens is 242 g/mol. The average molecular weight is 255 g/mol. The Morgan fingerprint density at radius 1 is 1.47 bits per heavy atom. The van der Waals surface area contributed by atoms with Gasteiger partial charge in [-0.15, -0.1) is 5.10 Å². The molecule has 0 atom stereocenters. The third-order valence-electron chi connectivity index (χ3n) is 2.28. The Labute approximate surface area is 98.6 Å². The Morgan fingerprint density at radius 2 is 2.18 bits per heavy atom. The van der Waals surface area contributed by atoms with E-state index < -0.39 is 9.84 Å². The second-order valence-corrected chi connectivity index (χ2v) is 5.70. The molecule has 7 nitrogen and oxygen atoms in total. The molecule has 8 heteroatoms. The van der Waals surface area contributed by atoms with Crippen molar-refractivity contribution >= 4 is 21.3 Å². The molecule has 0 aromatic carbocycles. The molecule has 0 unspecified atom stereocenters. The van der Waals surface area contributed by atoms with Crippen molar-refractivity contribution in [3.63, 3.8) is 0 Å². The Morgan fingerprint density at radius 3 is 2.76 bits per heavy atom. The highest BCUT2D eigenvalue weighted by Gasteiger charge is 2.16. The lowest BCUT2D eigenvalue weighted by Gasteiger charge is -2.03. The van der Waals surface area contributed by atoms with Crippen LogP contribution < -0.4 is 5.73 Å². The van der Waals surface area contributed by atoms with Gasteiger partial charge in [0, 0.05) is 6.26 Å². The summed E-state index contributed by atoms with van der Waals surface area (Å²) in [5.41, 5.74) is 6.87. The molecular formula is C9H13N5O2S. The fourth-order valence-corrected chi connectivity index (χ4v) is 2.01. The fraction of sp³-hybridized carbons (Fsp3) is 0.444. The van der Waals surface area contributed by atoms with Gasteiger partial charge in [0.1, 0.15) is 0 Å². The normalized spacial score (nSPS) is 12.1. The number of nitrogens with zero attached hydrogens (tertiary/aromatic N) is 4. The molecule has 2 aromatic rings. The predicted octanol–water partition coefficient (Wildman–Crippen LogP) is 0.0625. The van der Waals surface area contributed by atoms with Gasteiger partial charge in [-0.3, -0.25) is 0 Å². The summed E-state index contributed by atoms with van der Waals surface area (Å²) in [5, 5.41) is 3.68. The summed E-state index contributed by atoms with van der Waals surface area (Å²) in [6.07, 6.45) is 4.34. The Balaban J connectivity index is 2.73. The van der Waals surface area contributed by atoms with Crippen molar-refractivity contribution in [3.8, 4) is 0 Å². The monoisotopic (exact) mass is 255 g/mol. The first-order chi connectivity index (χ1) is 7.93. The van der Waals surface area contributed by atoms with Crippen molar-refractivity contribution in [2.75, 3.05) is 12.0 Å². The minimum Gasteiger partial charge on any atom is -0.380 e. The molecule has 0 aliphatic heterocycles. The molecule has 2 aromatic heterocycles. The lowest BCUT2D eigenvalue weighted by molar-refractivity contribution is 0.586. The van der Waals surface area contributed by atoms with E-state index in [0.717, 1.165) is 24.8 Å². The predicted molar refractivity (Wildman–Crippen MR) is 62.3 cm³/mol. The molecule has 0 radical (unpaired) electrons. The molecule has 2 rings (SSSR count). The Hall–Kier alpha value is -1.70. The maximum absolute atomic E-state index is 11.4. The number of sulfone groups is 1. The molecule has 0 bridgehead atoms. The molecule has 2 N–H and O–H groups in total. The van der Waals surface area contributed by atoms with Gasteiger partial charge in [0.05, 0.1) is 11.9 Å². The van der Waals surface area contributed by atoms with Gasteiger partial charge < -0.3 is 5.73 Å². The summed E-state index contributed by atoms with van der Waals surface area (Å²) in [5.74, 6) is 0.0720. The van der Waals surface area contributed by atoms with Crippen molar-refractivity contribution in [2.24, 2.45) is 0 Å². The Kier molecular flexibility index (Phi) is 2.74. The highest BCUT2D eigenvalue weighted by atomic mass is 32.2. The van der Waals surface area contributed by atoms with Crippen LogP contribution in [0.3, 0.4) is 0 Å². The lowest BCUT2D eigenvalue weighted by atomic mass is 10.3. The van der Waals surface area contributed by atoms with Crippen LogP contribution in [0, 0.1) is 0 Å². The molecule has 0 spiro atoms. The van der Waals surface area contributed by atoms with E-state index >= 15 is 0 Å². The summed E-state index contributed by atoms with van der Waals surface area (Å²) in [6.45, 7) is 2.02. The summed E-state index contributed by atoms with van der Waals surface area (Å²) >= 11 is 0. The summed E-state index contributed by atoms with van der Waals surface area (Å²) < 4.78 is 24.3. The second kappa shape index (κ2) is 3.95. The van der Waals surface area contributed by atoms with Gasteiger partial charge in [0.15, 0.2) is 11.5 Å². The van der Waals surface area contributed by atoms with Gasteiger partial charge in [-0.1, -0.05) is 13.3 Å². The number of nitrogens with two attached hydrogens (primary N) is 1. The molecule has 0 aliphatic carbocycles. The zero-order chi connectivity index (χ0) is 12.6. The van der Waals surface area contributed by atoms with Crippen LogP contribution in [0.25, 0.3) is 5.65 Å². The fourth-order valence-electron chi connectivity index (χ4n) is 1.51. The van der Waals surface area contributed by atoms with E-state index in [2.05, 4.69) is 15.1 Å². The minimum absolute atomic E-state index is 0.0720. The van der Waals surface area contributed by atoms with Gasteiger partial charge >= 0.3 is 0 Å². The van der Waals surface area contributed by atoms with Crippen molar-refractivity contribution in [1.29, 1.82) is 0 Å². The number of imidazole rings is 1. The van der Waals surface area contributed by atoms with Crippen LogP contribution >= 0.6 is 0 Å². The van der Waals surface area contributed by atoms with Crippen molar-refractivity contribution < 1.29 is 8.42 Å². The lowest BCUT2D eigenvalue weighted by Crippen LogP contribution is -2.12.